The van der Waals surface area contributed by atoms with Crippen LogP contribution in [-0.2, 0) is 12.6 Å². The quantitative estimate of drug-likeness (QED) is 0.592. The van der Waals surface area contributed by atoms with Crippen molar-refractivity contribution in [3.8, 4) is 0 Å². The van der Waals surface area contributed by atoms with Crippen LogP contribution in [0.3, 0.4) is 0 Å². The molecule has 0 radical (unpaired) electrons. The van der Waals surface area contributed by atoms with Crippen LogP contribution < -0.4 is 10.6 Å². The Kier molecular flexibility index (Phi) is 5.54. The predicted octanol–water partition coefficient (Wildman–Crippen LogP) is 5.03. The Hall–Kier alpha value is -3.16. The van der Waals surface area contributed by atoms with Crippen LogP contribution in [0, 0.1) is 5.82 Å². The van der Waals surface area contributed by atoms with E-state index >= 15 is 0 Å². The third-order valence-electron chi connectivity index (χ3n) is 3.79. The molecular weight excluding hydrogens is 360 g/mol. The van der Waals surface area contributed by atoms with Gasteiger partial charge in [-0.2, -0.15) is 18.2 Å². The number of hydrogen-bond donors (Lipinski definition) is 2. The standard InChI is InChI=1S/C19H16F4N4/c20-15-7-3-1-5-13(15)9-11-24-18-25-12-10-17(27-18)26-16-8-4-2-6-14(16)19(21,22)23/h1-8,10,12H,9,11H2,(H2,24,25,26,27). The molecule has 0 atom stereocenters. The van der Waals surface area contributed by atoms with E-state index in [1.165, 1.54) is 36.5 Å². The fourth-order valence-corrected chi connectivity index (χ4v) is 2.50. The molecule has 0 bridgehead atoms. The van der Waals surface area contributed by atoms with E-state index < -0.39 is 11.7 Å². The summed E-state index contributed by atoms with van der Waals surface area (Å²) in [6.45, 7) is 0.378. The van der Waals surface area contributed by atoms with Crippen LogP contribution in [0.1, 0.15) is 11.1 Å². The number of alkyl halides is 3. The molecule has 0 saturated heterocycles. The highest BCUT2D eigenvalue weighted by atomic mass is 19.4. The minimum atomic E-state index is -4.47. The van der Waals surface area contributed by atoms with Crippen LogP contribution in [0.15, 0.2) is 60.8 Å². The van der Waals surface area contributed by atoms with Gasteiger partial charge in [0.05, 0.1) is 11.3 Å². The lowest BCUT2D eigenvalue weighted by Crippen LogP contribution is -2.11. The maximum atomic E-state index is 13.6. The van der Waals surface area contributed by atoms with Crippen LogP contribution in [0.2, 0.25) is 0 Å². The molecule has 0 unspecified atom stereocenters. The molecule has 0 aliphatic heterocycles. The number of anilines is 3. The molecular formula is C19H16F4N4. The molecule has 0 amide bonds. The van der Waals surface area contributed by atoms with Gasteiger partial charge in [-0.05, 0) is 36.2 Å². The first-order chi connectivity index (χ1) is 12.9. The fraction of sp³-hybridized carbons (Fsp3) is 0.158. The minimum Gasteiger partial charge on any atom is -0.354 e. The molecule has 140 valence electrons. The lowest BCUT2D eigenvalue weighted by molar-refractivity contribution is -0.136. The van der Waals surface area contributed by atoms with Crippen molar-refractivity contribution in [1.82, 2.24) is 9.97 Å². The second-order valence-electron chi connectivity index (χ2n) is 5.70. The van der Waals surface area contributed by atoms with Gasteiger partial charge >= 0.3 is 6.18 Å². The number of halogens is 4. The average Bonchev–Trinajstić information content (AvgIpc) is 2.63. The van der Waals surface area contributed by atoms with E-state index in [-0.39, 0.29) is 23.3 Å². The Bertz CT molecular complexity index is 912. The normalized spacial score (nSPS) is 11.3. The Morgan fingerprint density at radius 1 is 0.926 bits per heavy atom. The molecule has 1 aromatic heterocycles. The SMILES string of the molecule is Fc1ccccc1CCNc1nccc(Nc2ccccc2C(F)(F)F)n1. The summed E-state index contributed by atoms with van der Waals surface area (Å²) in [5.74, 6) is 0.162. The zero-order valence-electron chi connectivity index (χ0n) is 14.1. The molecule has 4 nitrogen and oxygen atoms in total. The Morgan fingerprint density at radius 2 is 1.67 bits per heavy atom. The molecule has 2 aromatic carbocycles. The van der Waals surface area contributed by atoms with Gasteiger partial charge in [0.25, 0.3) is 0 Å². The van der Waals surface area contributed by atoms with E-state index in [1.807, 2.05) is 0 Å². The van der Waals surface area contributed by atoms with Gasteiger partial charge in [-0.25, -0.2) is 9.37 Å². The van der Waals surface area contributed by atoms with Gasteiger partial charge in [0.2, 0.25) is 5.95 Å². The molecule has 0 fully saturated rings. The topological polar surface area (TPSA) is 49.8 Å². The highest BCUT2D eigenvalue weighted by Gasteiger charge is 2.33. The number of nitrogens with zero attached hydrogens (tertiary/aromatic N) is 2. The van der Waals surface area contributed by atoms with E-state index in [2.05, 4.69) is 20.6 Å². The highest BCUT2D eigenvalue weighted by Crippen LogP contribution is 2.35. The monoisotopic (exact) mass is 376 g/mol. The van der Waals surface area contributed by atoms with Crippen molar-refractivity contribution in [2.45, 2.75) is 12.6 Å². The Labute approximate surface area is 153 Å². The average molecular weight is 376 g/mol. The number of nitrogens with one attached hydrogen (secondary N) is 2. The van der Waals surface area contributed by atoms with Crippen LogP contribution in [0.4, 0.5) is 35.0 Å². The summed E-state index contributed by atoms with van der Waals surface area (Å²) in [4.78, 5) is 8.18. The van der Waals surface area contributed by atoms with Gasteiger partial charge in [-0.15, -0.1) is 0 Å². The largest absolute Gasteiger partial charge is 0.418 e. The van der Waals surface area contributed by atoms with Crippen LogP contribution in [0.25, 0.3) is 0 Å². The molecule has 3 rings (SSSR count). The Balaban J connectivity index is 1.67. The van der Waals surface area contributed by atoms with Crippen LogP contribution in [0.5, 0.6) is 0 Å². The third-order valence-corrected chi connectivity index (χ3v) is 3.79. The summed E-state index contributed by atoms with van der Waals surface area (Å²) in [6, 6.07) is 13.1. The molecule has 0 aliphatic rings. The first-order valence-electron chi connectivity index (χ1n) is 8.17. The van der Waals surface area contributed by atoms with Gasteiger partial charge < -0.3 is 10.6 Å². The highest BCUT2D eigenvalue weighted by molar-refractivity contribution is 5.61. The van der Waals surface area contributed by atoms with Crippen molar-refractivity contribution in [2.75, 3.05) is 17.2 Å². The summed E-state index contributed by atoms with van der Waals surface area (Å²) in [6.07, 6.45) is -2.63. The van der Waals surface area contributed by atoms with Crippen molar-refractivity contribution in [2.24, 2.45) is 0 Å². The number of rotatable bonds is 6. The smallest absolute Gasteiger partial charge is 0.354 e. The van der Waals surface area contributed by atoms with Gasteiger partial charge in [-0.1, -0.05) is 30.3 Å². The fourth-order valence-electron chi connectivity index (χ4n) is 2.50. The predicted molar refractivity (Wildman–Crippen MR) is 95.4 cm³/mol. The Morgan fingerprint density at radius 3 is 2.44 bits per heavy atom. The van der Waals surface area contributed by atoms with E-state index in [4.69, 9.17) is 0 Å². The zero-order chi connectivity index (χ0) is 19.3. The maximum Gasteiger partial charge on any atom is 0.418 e. The number of para-hydroxylation sites is 1. The number of benzene rings is 2. The van der Waals surface area contributed by atoms with Gasteiger partial charge in [0.15, 0.2) is 0 Å². The van der Waals surface area contributed by atoms with Crippen LogP contribution in [-0.4, -0.2) is 16.5 Å². The molecule has 0 saturated carbocycles. The van der Waals surface area contributed by atoms with E-state index in [9.17, 15) is 17.6 Å². The van der Waals surface area contributed by atoms with Crippen LogP contribution >= 0.6 is 0 Å². The number of aromatic nitrogens is 2. The summed E-state index contributed by atoms with van der Waals surface area (Å²) in [5, 5.41) is 5.61. The first kappa shape index (κ1) is 18.6. The zero-order valence-corrected chi connectivity index (χ0v) is 14.1. The third kappa shape index (κ3) is 4.93. The molecule has 0 aliphatic carbocycles. The molecule has 2 N–H and O–H groups in total. The van der Waals surface area contributed by atoms with Crippen molar-refractivity contribution < 1.29 is 17.6 Å². The molecule has 0 spiro atoms. The van der Waals surface area contributed by atoms with E-state index in [0.717, 1.165) is 6.07 Å². The van der Waals surface area contributed by atoms with Crippen molar-refractivity contribution in [1.29, 1.82) is 0 Å². The van der Waals surface area contributed by atoms with Gasteiger partial charge in [-0.3, -0.25) is 0 Å². The van der Waals surface area contributed by atoms with Gasteiger partial charge in [0.1, 0.15) is 11.6 Å². The second-order valence-corrected chi connectivity index (χ2v) is 5.70. The van der Waals surface area contributed by atoms with Crippen molar-refractivity contribution >= 4 is 17.5 Å². The summed E-state index contributed by atoms with van der Waals surface area (Å²) < 4.78 is 52.8. The van der Waals surface area contributed by atoms with Crippen molar-refractivity contribution in [3.05, 3.63) is 77.7 Å². The molecule has 1 heterocycles. The molecule has 8 heteroatoms. The van der Waals surface area contributed by atoms with E-state index in [0.29, 0.717) is 18.5 Å². The summed E-state index contributed by atoms with van der Waals surface area (Å²) in [7, 11) is 0. The maximum absolute atomic E-state index is 13.6. The van der Waals surface area contributed by atoms with Gasteiger partial charge in [0, 0.05) is 12.7 Å². The molecule has 3 aromatic rings. The summed E-state index contributed by atoms with van der Waals surface area (Å²) in [5.41, 5.74) is -0.322. The van der Waals surface area contributed by atoms with E-state index in [1.54, 1.807) is 18.2 Å². The first-order valence-corrected chi connectivity index (χ1v) is 8.17. The minimum absolute atomic E-state index is 0.0963. The molecule has 27 heavy (non-hydrogen) atoms. The van der Waals surface area contributed by atoms with Crippen molar-refractivity contribution in [3.63, 3.8) is 0 Å². The second kappa shape index (κ2) is 8.03. The lowest BCUT2D eigenvalue weighted by atomic mass is 10.1. The lowest BCUT2D eigenvalue weighted by Gasteiger charge is -2.14. The number of hydrogen-bond acceptors (Lipinski definition) is 4. The summed E-state index contributed by atoms with van der Waals surface area (Å²) >= 11 is 0.